The fraction of sp³-hybridized carbons (Fsp3) is 0.286. The van der Waals surface area contributed by atoms with Crippen LogP contribution in [0.15, 0.2) is 29.8 Å². The van der Waals surface area contributed by atoms with E-state index in [9.17, 15) is 9.59 Å². The zero-order chi connectivity index (χ0) is 14.4. The van der Waals surface area contributed by atoms with E-state index >= 15 is 0 Å². The number of amides is 1. The van der Waals surface area contributed by atoms with E-state index in [0.717, 1.165) is 11.1 Å². The number of halogens is 1. The highest BCUT2D eigenvalue weighted by atomic mass is 35.5. The summed E-state index contributed by atoms with van der Waals surface area (Å²) in [6, 6.07) is 5.12. The Morgan fingerprint density at radius 1 is 1.37 bits per heavy atom. The number of nitrogens with one attached hydrogen (secondary N) is 1. The number of benzene rings is 1. The lowest BCUT2D eigenvalue weighted by molar-refractivity contribution is -0.142. The van der Waals surface area contributed by atoms with E-state index in [-0.39, 0.29) is 12.5 Å². The predicted molar refractivity (Wildman–Crippen MR) is 75.2 cm³/mol. The van der Waals surface area contributed by atoms with Crippen LogP contribution in [0.5, 0.6) is 0 Å². The van der Waals surface area contributed by atoms with E-state index in [0.29, 0.717) is 10.7 Å². The van der Waals surface area contributed by atoms with Crippen LogP contribution in [-0.4, -0.2) is 18.5 Å². The van der Waals surface area contributed by atoms with Crippen molar-refractivity contribution in [3.8, 4) is 0 Å². The summed E-state index contributed by atoms with van der Waals surface area (Å²) in [4.78, 5) is 22.8. The molecule has 0 spiro atoms. The molecule has 1 N–H and O–H groups in total. The van der Waals surface area contributed by atoms with Gasteiger partial charge in [0, 0.05) is 16.8 Å². The summed E-state index contributed by atoms with van der Waals surface area (Å²) in [5.41, 5.74) is 2.31. The Bertz CT molecular complexity index is 519. The van der Waals surface area contributed by atoms with E-state index in [1.807, 2.05) is 6.92 Å². The number of anilines is 1. The van der Waals surface area contributed by atoms with E-state index in [1.54, 1.807) is 32.0 Å². The fourth-order valence-corrected chi connectivity index (χ4v) is 1.59. The number of hydrogen-bond acceptors (Lipinski definition) is 3. The zero-order valence-electron chi connectivity index (χ0n) is 11.1. The molecule has 0 aliphatic rings. The third kappa shape index (κ3) is 5.57. The molecule has 0 aliphatic carbocycles. The number of ether oxygens (including phenoxy) is 1. The number of carbonyl (C=O) groups is 2. The van der Waals surface area contributed by atoms with Gasteiger partial charge in [0.15, 0.2) is 6.61 Å². The van der Waals surface area contributed by atoms with Gasteiger partial charge in [-0.3, -0.25) is 4.79 Å². The molecule has 1 rings (SSSR count). The van der Waals surface area contributed by atoms with E-state index < -0.39 is 5.97 Å². The van der Waals surface area contributed by atoms with Gasteiger partial charge in [-0.25, -0.2) is 4.79 Å². The normalized spacial score (nSPS) is 9.68. The van der Waals surface area contributed by atoms with Gasteiger partial charge in [-0.2, -0.15) is 0 Å². The number of hydrogen-bond donors (Lipinski definition) is 1. The van der Waals surface area contributed by atoms with E-state index in [2.05, 4.69) is 5.32 Å². The summed E-state index contributed by atoms with van der Waals surface area (Å²) in [6.45, 7) is 5.07. The quantitative estimate of drug-likeness (QED) is 0.681. The molecule has 0 bridgehead atoms. The standard InChI is InChI=1S/C14H16ClNO3/c1-9(2)6-14(18)19-8-13(17)16-12-5-4-11(15)7-10(12)3/h4-7H,8H2,1-3H3,(H,16,17). The minimum Gasteiger partial charge on any atom is -0.452 e. The van der Waals surface area contributed by atoms with Gasteiger partial charge in [-0.1, -0.05) is 17.2 Å². The largest absolute Gasteiger partial charge is 0.452 e. The number of allylic oxidation sites excluding steroid dienone is 1. The summed E-state index contributed by atoms with van der Waals surface area (Å²) in [6.07, 6.45) is 1.33. The predicted octanol–water partition coefficient (Wildman–Crippen LogP) is 3.10. The molecule has 4 nitrogen and oxygen atoms in total. The first-order valence-electron chi connectivity index (χ1n) is 5.76. The third-order valence-corrected chi connectivity index (χ3v) is 2.45. The second-order valence-corrected chi connectivity index (χ2v) is 4.77. The molecular weight excluding hydrogens is 266 g/mol. The second-order valence-electron chi connectivity index (χ2n) is 4.34. The molecular formula is C14H16ClNO3. The van der Waals surface area contributed by atoms with E-state index in [1.165, 1.54) is 6.08 Å². The Morgan fingerprint density at radius 3 is 2.63 bits per heavy atom. The number of aryl methyl sites for hydroxylation is 1. The maximum atomic E-state index is 11.6. The maximum absolute atomic E-state index is 11.6. The van der Waals surface area contributed by atoms with Gasteiger partial charge in [0.1, 0.15) is 0 Å². The second kappa shape index (κ2) is 6.95. The highest BCUT2D eigenvalue weighted by molar-refractivity contribution is 6.30. The summed E-state index contributed by atoms with van der Waals surface area (Å²) in [7, 11) is 0. The Labute approximate surface area is 117 Å². The van der Waals surface area contributed by atoms with Crippen LogP contribution < -0.4 is 5.32 Å². The van der Waals surface area contributed by atoms with Gasteiger partial charge < -0.3 is 10.1 Å². The van der Waals surface area contributed by atoms with Gasteiger partial charge >= 0.3 is 5.97 Å². The first kappa shape index (κ1) is 15.2. The molecule has 0 aliphatic heterocycles. The molecule has 0 saturated heterocycles. The summed E-state index contributed by atoms with van der Waals surface area (Å²) in [5, 5.41) is 3.25. The molecule has 1 amide bonds. The molecule has 0 heterocycles. The summed E-state index contributed by atoms with van der Waals surface area (Å²) < 4.78 is 4.80. The Balaban J connectivity index is 2.52. The Kier molecular flexibility index (Phi) is 5.57. The molecule has 1 aromatic rings. The molecule has 0 radical (unpaired) electrons. The van der Waals surface area contributed by atoms with Crippen LogP contribution in [0.1, 0.15) is 19.4 Å². The lowest BCUT2D eigenvalue weighted by Crippen LogP contribution is -2.20. The monoisotopic (exact) mass is 281 g/mol. The van der Waals surface area contributed by atoms with Crippen LogP contribution in [0, 0.1) is 6.92 Å². The lowest BCUT2D eigenvalue weighted by Gasteiger charge is -2.08. The maximum Gasteiger partial charge on any atom is 0.331 e. The fourth-order valence-electron chi connectivity index (χ4n) is 1.37. The van der Waals surface area contributed by atoms with Gasteiger partial charge in [-0.15, -0.1) is 0 Å². The van der Waals surface area contributed by atoms with Crippen molar-refractivity contribution in [3.05, 3.63) is 40.4 Å². The summed E-state index contributed by atoms with van der Waals surface area (Å²) >= 11 is 5.82. The first-order chi connectivity index (χ1) is 8.88. The molecule has 1 aromatic carbocycles. The van der Waals surface area contributed by atoms with Crippen molar-refractivity contribution in [3.63, 3.8) is 0 Å². The molecule has 0 fully saturated rings. The molecule has 5 heteroatoms. The summed E-state index contributed by atoms with van der Waals surface area (Å²) in [5.74, 6) is -0.913. The van der Waals surface area contributed by atoms with Crippen LogP contribution in [0.3, 0.4) is 0 Å². The SMILES string of the molecule is CC(C)=CC(=O)OCC(=O)Nc1ccc(Cl)cc1C. The molecule has 0 atom stereocenters. The van der Waals surface area contributed by atoms with Crippen LogP contribution in [-0.2, 0) is 14.3 Å². The van der Waals surface area contributed by atoms with Crippen LogP contribution >= 0.6 is 11.6 Å². The average Bonchev–Trinajstić information content (AvgIpc) is 2.29. The molecule has 0 saturated carbocycles. The zero-order valence-corrected chi connectivity index (χ0v) is 11.9. The smallest absolute Gasteiger partial charge is 0.331 e. The van der Waals surface area contributed by atoms with Crippen molar-refractivity contribution in [2.24, 2.45) is 0 Å². The molecule has 0 unspecified atom stereocenters. The Morgan fingerprint density at radius 2 is 2.05 bits per heavy atom. The van der Waals surface area contributed by atoms with Gasteiger partial charge in [0.05, 0.1) is 0 Å². The number of rotatable bonds is 4. The van der Waals surface area contributed by atoms with Crippen molar-refractivity contribution in [1.29, 1.82) is 0 Å². The van der Waals surface area contributed by atoms with Crippen LogP contribution in [0.25, 0.3) is 0 Å². The van der Waals surface area contributed by atoms with Crippen molar-refractivity contribution in [2.75, 3.05) is 11.9 Å². The third-order valence-electron chi connectivity index (χ3n) is 2.21. The highest BCUT2D eigenvalue weighted by Gasteiger charge is 2.07. The number of carbonyl (C=O) groups excluding carboxylic acids is 2. The minimum absolute atomic E-state index is 0.315. The molecule has 19 heavy (non-hydrogen) atoms. The highest BCUT2D eigenvalue weighted by Crippen LogP contribution is 2.19. The molecule has 0 aromatic heterocycles. The van der Waals surface area contributed by atoms with Crippen molar-refractivity contribution >= 4 is 29.2 Å². The van der Waals surface area contributed by atoms with Crippen molar-refractivity contribution in [1.82, 2.24) is 0 Å². The van der Waals surface area contributed by atoms with Crippen LogP contribution in [0.2, 0.25) is 5.02 Å². The van der Waals surface area contributed by atoms with Crippen LogP contribution in [0.4, 0.5) is 5.69 Å². The Hall–Kier alpha value is -1.81. The number of esters is 1. The first-order valence-corrected chi connectivity index (χ1v) is 6.14. The van der Waals surface area contributed by atoms with Gasteiger partial charge in [0.25, 0.3) is 5.91 Å². The van der Waals surface area contributed by atoms with Gasteiger partial charge in [0.2, 0.25) is 0 Å². The van der Waals surface area contributed by atoms with E-state index in [4.69, 9.17) is 16.3 Å². The lowest BCUT2D eigenvalue weighted by atomic mass is 10.2. The van der Waals surface area contributed by atoms with Crippen molar-refractivity contribution in [2.45, 2.75) is 20.8 Å². The average molecular weight is 282 g/mol. The van der Waals surface area contributed by atoms with Gasteiger partial charge in [-0.05, 0) is 44.5 Å². The topological polar surface area (TPSA) is 55.4 Å². The molecule has 102 valence electrons. The minimum atomic E-state index is -0.525. The van der Waals surface area contributed by atoms with Crippen molar-refractivity contribution < 1.29 is 14.3 Å².